The molecule has 0 aliphatic carbocycles. The summed E-state index contributed by atoms with van der Waals surface area (Å²) in [5.41, 5.74) is -1.49. The van der Waals surface area contributed by atoms with Crippen LogP contribution in [0.2, 0.25) is 0 Å². The van der Waals surface area contributed by atoms with Crippen molar-refractivity contribution in [3.05, 3.63) is 52.5 Å². The molecule has 4 rings (SSSR count). The molecule has 0 spiro atoms. The van der Waals surface area contributed by atoms with E-state index in [4.69, 9.17) is 4.74 Å². The van der Waals surface area contributed by atoms with Gasteiger partial charge in [-0.25, -0.2) is 9.29 Å². The molecule has 2 amide bonds. The molecule has 2 aliphatic heterocycles. The maximum Gasteiger partial charge on any atom is 0.326 e. The molecule has 1 N–H and O–H groups in total. The smallest absolute Gasteiger partial charge is 0.326 e. The van der Waals surface area contributed by atoms with Gasteiger partial charge in [-0.05, 0) is 30.5 Å². The summed E-state index contributed by atoms with van der Waals surface area (Å²) in [6.45, 7) is 1.56. The van der Waals surface area contributed by atoms with E-state index in [1.807, 2.05) is 17.5 Å². The van der Waals surface area contributed by atoms with Crippen molar-refractivity contribution in [2.45, 2.75) is 18.5 Å². The highest BCUT2D eigenvalue weighted by molar-refractivity contribution is 7.10. The number of anilines is 1. The third kappa shape index (κ3) is 2.44. The van der Waals surface area contributed by atoms with Crippen LogP contribution in [-0.2, 0) is 19.1 Å². The lowest BCUT2D eigenvalue weighted by molar-refractivity contribution is -0.151. The van der Waals surface area contributed by atoms with Gasteiger partial charge in [0, 0.05) is 4.88 Å². The number of benzene rings is 1. The zero-order valence-electron chi connectivity index (χ0n) is 14.6. The van der Waals surface area contributed by atoms with Crippen molar-refractivity contribution >= 4 is 34.8 Å². The van der Waals surface area contributed by atoms with E-state index in [0.29, 0.717) is 0 Å². The highest BCUT2D eigenvalue weighted by Crippen LogP contribution is 2.50. The Labute approximate surface area is 158 Å². The second-order valence-electron chi connectivity index (χ2n) is 6.80. The number of nitrogens with one attached hydrogen (secondary N) is 1. The first kappa shape index (κ1) is 17.8. The molecule has 8 heteroatoms. The van der Waals surface area contributed by atoms with E-state index in [9.17, 15) is 18.8 Å². The molecular weight excluding hydrogens is 371 g/mol. The number of thiophene rings is 1. The number of amides is 2. The minimum absolute atomic E-state index is 0.0981. The molecule has 27 heavy (non-hydrogen) atoms. The molecule has 2 fully saturated rings. The first-order valence-electron chi connectivity index (χ1n) is 8.42. The van der Waals surface area contributed by atoms with E-state index in [2.05, 4.69) is 5.32 Å². The number of esters is 1. The summed E-state index contributed by atoms with van der Waals surface area (Å²) in [6.07, 6.45) is 0. The largest absolute Gasteiger partial charge is 0.468 e. The van der Waals surface area contributed by atoms with Crippen LogP contribution in [0, 0.1) is 17.7 Å². The zero-order chi connectivity index (χ0) is 19.3. The van der Waals surface area contributed by atoms with Gasteiger partial charge in [-0.2, -0.15) is 0 Å². The van der Waals surface area contributed by atoms with Crippen molar-refractivity contribution < 1.29 is 23.5 Å². The minimum atomic E-state index is -1.39. The Hall–Kier alpha value is -2.58. The van der Waals surface area contributed by atoms with Gasteiger partial charge >= 0.3 is 5.97 Å². The van der Waals surface area contributed by atoms with Gasteiger partial charge in [0.15, 0.2) is 0 Å². The van der Waals surface area contributed by atoms with Crippen molar-refractivity contribution in [1.82, 2.24) is 5.32 Å². The quantitative estimate of drug-likeness (QED) is 0.645. The number of fused-ring (bicyclic) bond motifs is 1. The number of methoxy groups -OCH3 is 1. The number of carbonyl (C=O) groups is 3. The third-order valence-electron chi connectivity index (χ3n) is 5.34. The minimum Gasteiger partial charge on any atom is -0.468 e. The summed E-state index contributed by atoms with van der Waals surface area (Å²) >= 11 is 1.42. The van der Waals surface area contributed by atoms with Gasteiger partial charge in [-0.1, -0.05) is 18.2 Å². The molecule has 4 atom stereocenters. The first-order chi connectivity index (χ1) is 12.9. The molecule has 0 radical (unpaired) electrons. The van der Waals surface area contributed by atoms with Gasteiger partial charge in [-0.3, -0.25) is 19.7 Å². The molecule has 0 unspecified atom stereocenters. The monoisotopic (exact) mass is 388 g/mol. The lowest BCUT2D eigenvalue weighted by Crippen LogP contribution is -2.54. The van der Waals surface area contributed by atoms with Crippen LogP contribution >= 0.6 is 11.3 Å². The Morgan fingerprint density at radius 1 is 1.22 bits per heavy atom. The van der Waals surface area contributed by atoms with E-state index in [1.54, 1.807) is 13.0 Å². The molecule has 6 nitrogen and oxygen atoms in total. The Morgan fingerprint density at radius 2 is 1.96 bits per heavy atom. The molecular formula is C19H17FN2O4S. The standard InChI is InChI=1S/C19H17FN2O4S/c1-19(18(25)26-2)14-13(15(21-19)12-8-5-9-27-12)16(23)22(17(14)24)11-7-4-3-6-10(11)20/h3-9,13-15,21H,1-2H3/t13-,14-,15-,19-/m1/s1. The Kier molecular flexibility index (Phi) is 4.12. The first-order valence-corrected chi connectivity index (χ1v) is 9.30. The average molecular weight is 388 g/mol. The van der Waals surface area contributed by atoms with Crippen LogP contribution < -0.4 is 10.2 Å². The maximum atomic E-state index is 14.3. The van der Waals surface area contributed by atoms with E-state index >= 15 is 0 Å². The lowest BCUT2D eigenvalue weighted by Gasteiger charge is -2.28. The van der Waals surface area contributed by atoms with Crippen LogP contribution in [0.3, 0.4) is 0 Å². The van der Waals surface area contributed by atoms with Gasteiger partial charge in [0.25, 0.3) is 0 Å². The molecule has 0 bridgehead atoms. The van der Waals surface area contributed by atoms with Gasteiger partial charge in [0.05, 0.1) is 30.7 Å². The fourth-order valence-electron chi connectivity index (χ4n) is 4.12. The fraction of sp³-hybridized carbons (Fsp3) is 0.316. The van der Waals surface area contributed by atoms with E-state index < -0.39 is 47.0 Å². The topological polar surface area (TPSA) is 75.7 Å². The Morgan fingerprint density at radius 3 is 2.59 bits per heavy atom. The molecule has 140 valence electrons. The number of para-hydroxylation sites is 1. The second-order valence-corrected chi connectivity index (χ2v) is 7.78. The van der Waals surface area contributed by atoms with Crippen LogP contribution in [0.1, 0.15) is 17.8 Å². The van der Waals surface area contributed by atoms with E-state index in [0.717, 1.165) is 9.78 Å². The van der Waals surface area contributed by atoms with Crippen LogP contribution in [-0.4, -0.2) is 30.4 Å². The SMILES string of the molecule is COC(=O)[C@]1(C)N[C@H](c2cccs2)[C@@H]2C(=O)N(c3ccccc3F)C(=O)[C@@H]21. The van der Waals surface area contributed by atoms with Crippen LogP contribution in [0.4, 0.5) is 10.1 Å². The molecule has 1 aromatic heterocycles. The van der Waals surface area contributed by atoms with Crippen molar-refractivity contribution in [1.29, 1.82) is 0 Å². The maximum absolute atomic E-state index is 14.3. The summed E-state index contributed by atoms with van der Waals surface area (Å²) in [5.74, 6) is -4.22. The summed E-state index contributed by atoms with van der Waals surface area (Å²) in [4.78, 5) is 40.6. The van der Waals surface area contributed by atoms with Crippen LogP contribution in [0.25, 0.3) is 0 Å². The van der Waals surface area contributed by atoms with E-state index in [1.165, 1.54) is 36.6 Å². The molecule has 1 aromatic carbocycles. The predicted octanol–water partition coefficient (Wildman–Crippen LogP) is 2.27. The van der Waals surface area contributed by atoms with Gasteiger partial charge < -0.3 is 4.74 Å². The second kappa shape index (κ2) is 6.24. The highest BCUT2D eigenvalue weighted by atomic mass is 32.1. The number of hydrogen-bond acceptors (Lipinski definition) is 6. The molecule has 3 heterocycles. The summed E-state index contributed by atoms with van der Waals surface area (Å²) in [7, 11) is 1.23. The molecule has 2 aromatic rings. The number of ether oxygens (including phenoxy) is 1. The highest BCUT2D eigenvalue weighted by Gasteiger charge is 2.67. The summed E-state index contributed by atoms with van der Waals surface area (Å²) in [6, 6.07) is 8.76. The number of nitrogens with zero attached hydrogens (tertiary/aromatic N) is 1. The van der Waals surface area contributed by atoms with Crippen LogP contribution in [0.15, 0.2) is 41.8 Å². The van der Waals surface area contributed by atoms with Crippen molar-refractivity contribution in [3.63, 3.8) is 0 Å². The van der Waals surface area contributed by atoms with Crippen molar-refractivity contribution in [3.8, 4) is 0 Å². The number of imide groups is 1. The third-order valence-corrected chi connectivity index (χ3v) is 6.30. The van der Waals surface area contributed by atoms with Crippen LogP contribution in [0.5, 0.6) is 0 Å². The number of carbonyl (C=O) groups excluding carboxylic acids is 3. The van der Waals surface area contributed by atoms with Crippen molar-refractivity contribution in [2.24, 2.45) is 11.8 Å². The summed E-state index contributed by atoms with van der Waals surface area (Å²) in [5, 5.41) is 5.00. The zero-order valence-corrected chi connectivity index (χ0v) is 15.5. The average Bonchev–Trinajstić information content (AvgIpc) is 3.34. The van der Waals surface area contributed by atoms with Gasteiger partial charge in [0.2, 0.25) is 11.8 Å². The molecule has 2 aliphatic rings. The molecule has 2 saturated heterocycles. The van der Waals surface area contributed by atoms with Gasteiger partial charge in [0.1, 0.15) is 11.4 Å². The number of rotatable bonds is 3. The predicted molar refractivity (Wildman–Crippen MR) is 96.5 cm³/mol. The van der Waals surface area contributed by atoms with Crippen molar-refractivity contribution in [2.75, 3.05) is 12.0 Å². The Bertz CT molecular complexity index is 932. The normalized spacial score (nSPS) is 29.9. The molecule has 0 saturated carbocycles. The Balaban J connectivity index is 1.84. The fourth-order valence-corrected chi connectivity index (χ4v) is 4.94. The van der Waals surface area contributed by atoms with E-state index in [-0.39, 0.29) is 5.69 Å². The number of halogens is 1. The summed E-state index contributed by atoms with van der Waals surface area (Å²) < 4.78 is 19.2. The number of hydrogen-bond donors (Lipinski definition) is 1. The lowest BCUT2D eigenvalue weighted by atomic mass is 9.81. The van der Waals surface area contributed by atoms with Gasteiger partial charge in [-0.15, -0.1) is 11.3 Å².